The van der Waals surface area contributed by atoms with E-state index in [1.54, 1.807) is 11.3 Å². The first-order chi connectivity index (χ1) is 9.22. The van der Waals surface area contributed by atoms with E-state index in [9.17, 15) is 0 Å². The van der Waals surface area contributed by atoms with Gasteiger partial charge in [-0.3, -0.25) is 0 Å². The van der Waals surface area contributed by atoms with E-state index in [1.807, 2.05) is 24.3 Å². The molecule has 2 N–H and O–H groups in total. The minimum atomic E-state index is 0.772. The number of hydrogen-bond acceptors (Lipinski definition) is 4. The fourth-order valence-electron chi connectivity index (χ4n) is 2.06. The second kappa shape index (κ2) is 4.90. The maximum Gasteiger partial charge on any atom is 0.129 e. The number of rotatable bonds is 3. The molecule has 0 spiro atoms. The molecule has 3 nitrogen and oxygen atoms in total. The van der Waals surface area contributed by atoms with Crippen molar-refractivity contribution in [3.05, 3.63) is 52.7 Å². The number of aromatic nitrogens is 1. The van der Waals surface area contributed by atoms with Crippen LogP contribution in [0.15, 0.2) is 47.8 Å². The van der Waals surface area contributed by atoms with E-state index in [0.29, 0.717) is 0 Å². The largest absolute Gasteiger partial charge is 0.399 e. The first kappa shape index (κ1) is 12.0. The molecule has 0 saturated carbocycles. The lowest BCUT2D eigenvalue weighted by molar-refractivity contribution is 0.918. The van der Waals surface area contributed by atoms with Crippen LogP contribution in [-0.4, -0.2) is 12.0 Å². The van der Waals surface area contributed by atoms with Crippen LogP contribution >= 0.6 is 11.3 Å². The zero-order chi connectivity index (χ0) is 13.2. The minimum Gasteiger partial charge on any atom is -0.399 e. The lowest BCUT2D eigenvalue weighted by atomic mass is 10.2. The summed E-state index contributed by atoms with van der Waals surface area (Å²) in [5.41, 5.74) is 7.52. The molecule has 19 heavy (non-hydrogen) atoms. The average molecular weight is 269 g/mol. The standard InChI is InChI=1S/C15H15N3S/c1-18(10-13-3-2-8-19-13)15-7-4-11-9-12(16)5-6-14(11)17-15/h2-9H,10,16H2,1H3. The molecule has 0 atom stereocenters. The molecule has 0 fully saturated rings. The predicted octanol–water partition coefficient (Wildman–Crippen LogP) is 3.51. The quantitative estimate of drug-likeness (QED) is 0.740. The van der Waals surface area contributed by atoms with Gasteiger partial charge in [-0.15, -0.1) is 11.3 Å². The van der Waals surface area contributed by atoms with E-state index in [4.69, 9.17) is 5.73 Å². The van der Waals surface area contributed by atoms with Crippen LogP contribution in [0.25, 0.3) is 10.9 Å². The fourth-order valence-corrected chi connectivity index (χ4v) is 2.82. The summed E-state index contributed by atoms with van der Waals surface area (Å²) in [6.07, 6.45) is 0. The Balaban J connectivity index is 1.90. The number of anilines is 2. The molecule has 0 aliphatic heterocycles. The van der Waals surface area contributed by atoms with Crippen LogP contribution in [0.5, 0.6) is 0 Å². The van der Waals surface area contributed by atoms with E-state index in [1.165, 1.54) is 4.88 Å². The Labute approximate surface area is 116 Å². The maximum absolute atomic E-state index is 5.78. The Bertz CT molecular complexity index is 692. The minimum absolute atomic E-state index is 0.772. The molecule has 3 aromatic rings. The van der Waals surface area contributed by atoms with Crippen LogP contribution in [0.1, 0.15) is 4.88 Å². The average Bonchev–Trinajstić information content (AvgIpc) is 2.91. The number of fused-ring (bicyclic) bond motifs is 1. The molecule has 3 rings (SSSR count). The molecule has 4 heteroatoms. The fraction of sp³-hybridized carbons (Fsp3) is 0.133. The van der Waals surface area contributed by atoms with Crippen molar-refractivity contribution >= 4 is 33.7 Å². The van der Waals surface area contributed by atoms with E-state index in [0.717, 1.165) is 29.0 Å². The van der Waals surface area contributed by atoms with Crippen molar-refractivity contribution < 1.29 is 0 Å². The van der Waals surface area contributed by atoms with Gasteiger partial charge < -0.3 is 10.6 Å². The first-order valence-corrected chi connectivity index (χ1v) is 7.00. The highest BCUT2D eigenvalue weighted by Crippen LogP contribution is 2.21. The van der Waals surface area contributed by atoms with Crippen LogP contribution in [-0.2, 0) is 6.54 Å². The summed E-state index contributed by atoms with van der Waals surface area (Å²) in [5, 5.41) is 3.17. The summed E-state index contributed by atoms with van der Waals surface area (Å²) in [6, 6.07) is 14.1. The van der Waals surface area contributed by atoms with Crippen molar-refractivity contribution in [1.82, 2.24) is 4.98 Å². The van der Waals surface area contributed by atoms with Crippen molar-refractivity contribution in [2.24, 2.45) is 0 Å². The van der Waals surface area contributed by atoms with Gasteiger partial charge in [0.2, 0.25) is 0 Å². The lowest BCUT2D eigenvalue weighted by Crippen LogP contribution is -2.16. The van der Waals surface area contributed by atoms with Gasteiger partial charge in [0, 0.05) is 23.0 Å². The monoisotopic (exact) mass is 269 g/mol. The van der Waals surface area contributed by atoms with Crippen molar-refractivity contribution in [2.45, 2.75) is 6.54 Å². The number of hydrogen-bond donors (Lipinski definition) is 1. The number of pyridine rings is 1. The SMILES string of the molecule is CN(Cc1cccs1)c1ccc2cc(N)ccc2n1. The van der Waals surface area contributed by atoms with Gasteiger partial charge in [0.25, 0.3) is 0 Å². The first-order valence-electron chi connectivity index (χ1n) is 6.12. The third kappa shape index (κ3) is 2.53. The second-order valence-corrected chi connectivity index (χ2v) is 5.59. The van der Waals surface area contributed by atoms with Crippen molar-refractivity contribution in [3.63, 3.8) is 0 Å². The van der Waals surface area contributed by atoms with Gasteiger partial charge in [-0.05, 0) is 41.8 Å². The Morgan fingerprint density at radius 1 is 1.21 bits per heavy atom. The number of nitrogens with zero attached hydrogens (tertiary/aromatic N) is 2. The molecule has 2 aromatic heterocycles. The van der Waals surface area contributed by atoms with Crippen molar-refractivity contribution in [1.29, 1.82) is 0 Å². The molecule has 0 bridgehead atoms. The molecule has 1 aromatic carbocycles. The van der Waals surface area contributed by atoms with Gasteiger partial charge in [-0.25, -0.2) is 4.98 Å². The maximum atomic E-state index is 5.78. The summed E-state index contributed by atoms with van der Waals surface area (Å²) < 4.78 is 0. The van der Waals surface area contributed by atoms with Crippen LogP contribution in [0.3, 0.4) is 0 Å². The Hall–Kier alpha value is -2.07. The van der Waals surface area contributed by atoms with Crippen LogP contribution < -0.4 is 10.6 Å². The van der Waals surface area contributed by atoms with Gasteiger partial charge in [-0.2, -0.15) is 0 Å². The van der Waals surface area contributed by atoms with Gasteiger partial charge in [0.1, 0.15) is 5.82 Å². The smallest absolute Gasteiger partial charge is 0.129 e. The number of benzene rings is 1. The molecule has 0 radical (unpaired) electrons. The van der Waals surface area contributed by atoms with E-state index in [2.05, 4.69) is 40.5 Å². The van der Waals surface area contributed by atoms with E-state index in [-0.39, 0.29) is 0 Å². The van der Waals surface area contributed by atoms with Crippen molar-refractivity contribution in [2.75, 3.05) is 17.7 Å². The molecule has 0 amide bonds. The normalized spacial score (nSPS) is 10.8. The summed E-state index contributed by atoms with van der Waals surface area (Å²) in [6.45, 7) is 0.880. The Morgan fingerprint density at radius 2 is 2.11 bits per heavy atom. The highest BCUT2D eigenvalue weighted by molar-refractivity contribution is 7.09. The molecule has 0 saturated heterocycles. The zero-order valence-electron chi connectivity index (χ0n) is 10.7. The summed E-state index contributed by atoms with van der Waals surface area (Å²) >= 11 is 1.77. The molecule has 2 heterocycles. The van der Waals surface area contributed by atoms with E-state index < -0.39 is 0 Å². The van der Waals surface area contributed by atoms with Crippen LogP contribution in [0.2, 0.25) is 0 Å². The van der Waals surface area contributed by atoms with Gasteiger partial charge in [0.15, 0.2) is 0 Å². The van der Waals surface area contributed by atoms with Crippen LogP contribution in [0, 0.1) is 0 Å². The molecule has 0 aliphatic carbocycles. The third-order valence-corrected chi connectivity index (χ3v) is 3.92. The third-order valence-electron chi connectivity index (χ3n) is 3.06. The zero-order valence-corrected chi connectivity index (χ0v) is 11.5. The summed E-state index contributed by atoms with van der Waals surface area (Å²) in [5.74, 6) is 0.977. The van der Waals surface area contributed by atoms with Gasteiger partial charge >= 0.3 is 0 Å². The van der Waals surface area contributed by atoms with Crippen LogP contribution in [0.4, 0.5) is 11.5 Å². The highest BCUT2D eigenvalue weighted by Gasteiger charge is 2.05. The Kier molecular flexibility index (Phi) is 3.09. The lowest BCUT2D eigenvalue weighted by Gasteiger charge is -2.17. The van der Waals surface area contributed by atoms with Gasteiger partial charge in [-0.1, -0.05) is 6.07 Å². The highest BCUT2D eigenvalue weighted by atomic mass is 32.1. The number of nitrogens with two attached hydrogens (primary N) is 1. The van der Waals surface area contributed by atoms with E-state index >= 15 is 0 Å². The molecule has 96 valence electrons. The van der Waals surface area contributed by atoms with Gasteiger partial charge in [0.05, 0.1) is 12.1 Å². The second-order valence-electron chi connectivity index (χ2n) is 4.56. The number of thiophene rings is 1. The predicted molar refractivity (Wildman–Crippen MR) is 82.6 cm³/mol. The number of nitrogen functional groups attached to an aromatic ring is 1. The molecule has 0 unspecified atom stereocenters. The molecular weight excluding hydrogens is 254 g/mol. The molecular formula is C15H15N3S. The summed E-state index contributed by atoms with van der Waals surface area (Å²) in [4.78, 5) is 8.16. The Morgan fingerprint density at radius 3 is 2.89 bits per heavy atom. The molecule has 0 aliphatic rings. The topological polar surface area (TPSA) is 42.1 Å². The van der Waals surface area contributed by atoms with Crippen molar-refractivity contribution in [3.8, 4) is 0 Å². The summed E-state index contributed by atoms with van der Waals surface area (Å²) in [7, 11) is 2.06.